The molecule has 0 amide bonds. The quantitative estimate of drug-likeness (QED) is 0.352. The molecular formula is C20H35NO4. The molecule has 2 aliphatic carbocycles. The molecule has 0 bridgehead atoms. The van der Waals surface area contributed by atoms with E-state index in [-0.39, 0.29) is 16.8 Å². The molecule has 5 nitrogen and oxygen atoms in total. The molecule has 144 valence electrons. The predicted octanol–water partition coefficient (Wildman–Crippen LogP) is 4.59. The van der Waals surface area contributed by atoms with Crippen molar-refractivity contribution in [3.63, 3.8) is 0 Å². The minimum absolute atomic E-state index is 0.225. The highest BCUT2D eigenvalue weighted by molar-refractivity contribution is 5.79. The summed E-state index contributed by atoms with van der Waals surface area (Å²) in [5, 5.41) is 9.16. The lowest BCUT2D eigenvalue weighted by Gasteiger charge is -2.13. The van der Waals surface area contributed by atoms with Crippen molar-refractivity contribution in [3.8, 4) is 0 Å². The van der Waals surface area contributed by atoms with Gasteiger partial charge in [0, 0.05) is 0 Å². The Balaban J connectivity index is 1.42. The number of carbonyl (C=O) groups is 2. The van der Waals surface area contributed by atoms with Gasteiger partial charge in [0.25, 0.3) is 0 Å². The zero-order valence-corrected chi connectivity index (χ0v) is 15.7. The van der Waals surface area contributed by atoms with Gasteiger partial charge in [0.2, 0.25) is 0 Å². The van der Waals surface area contributed by atoms with Gasteiger partial charge in [-0.1, -0.05) is 58.3 Å². The van der Waals surface area contributed by atoms with Crippen molar-refractivity contribution in [2.24, 2.45) is 22.6 Å². The average molecular weight is 354 g/mol. The Morgan fingerprint density at radius 1 is 0.920 bits per heavy atom. The third-order valence-electron chi connectivity index (χ3n) is 6.41. The van der Waals surface area contributed by atoms with Crippen LogP contribution in [0.15, 0.2) is 0 Å². The molecule has 0 aromatic heterocycles. The summed E-state index contributed by atoms with van der Waals surface area (Å²) >= 11 is 0. The Kier molecular flexibility index (Phi) is 7.29. The summed E-state index contributed by atoms with van der Waals surface area (Å²) < 4.78 is 0. The third kappa shape index (κ3) is 5.98. The second-order valence-corrected chi connectivity index (χ2v) is 8.57. The molecule has 0 spiro atoms. The van der Waals surface area contributed by atoms with E-state index in [0.717, 1.165) is 63.7 Å². The van der Waals surface area contributed by atoms with E-state index in [4.69, 9.17) is 11.0 Å². The third-order valence-corrected chi connectivity index (χ3v) is 6.41. The Morgan fingerprint density at radius 2 is 1.40 bits per heavy atom. The SMILES string of the molecule is CC(CCCCCC1(C(=O)O)CC1)CCCCCC1(C(=O)ON)CC1. The van der Waals surface area contributed by atoms with Crippen LogP contribution in [0, 0.1) is 16.7 Å². The van der Waals surface area contributed by atoms with Crippen molar-refractivity contribution in [1.82, 2.24) is 0 Å². The van der Waals surface area contributed by atoms with Gasteiger partial charge in [-0.3, -0.25) is 4.79 Å². The molecule has 0 aromatic rings. The van der Waals surface area contributed by atoms with Crippen LogP contribution in [-0.2, 0) is 14.4 Å². The molecule has 3 N–H and O–H groups in total. The highest BCUT2D eigenvalue weighted by Crippen LogP contribution is 2.51. The van der Waals surface area contributed by atoms with E-state index < -0.39 is 5.97 Å². The molecule has 2 aliphatic rings. The van der Waals surface area contributed by atoms with Crippen LogP contribution in [0.25, 0.3) is 0 Å². The first-order chi connectivity index (χ1) is 11.9. The van der Waals surface area contributed by atoms with Crippen LogP contribution in [0.4, 0.5) is 0 Å². The zero-order chi connectivity index (χ0) is 18.3. The van der Waals surface area contributed by atoms with E-state index in [1.54, 1.807) is 0 Å². The van der Waals surface area contributed by atoms with Gasteiger partial charge in [0.05, 0.1) is 10.8 Å². The lowest BCUT2D eigenvalue weighted by Crippen LogP contribution is -2.22. The molecule has 5 heteroatoms. The molecule has 0 saturated heterocycles. The van der Waals surface area contributed by atoms with Crippen molar-refractivity contribution in [2.75, 3.05) is 0 Å². The molecule has 0 radical (unpaired) electrons. The van der Waals surface area contributed by atoms with E-state index in [9.17, 15) is 9.59 Å². The van der Waals surface area contributed by atoms with Crippen LogP contribution in [0.2, 0.25) is 0 Å². The monoisotopic (exact) mass is 353 g/mol. The van der Waals surface area contributed by atoms with Gasteiger partial charge in [-0.2, -0.15) is 5.90 Å². The summed E-state index contributed by atoms with van der Waals surface area (Å²) in [7, 11) is 0. The number of nitrogens with two attached hydrogens (primary N) is 1. The molecule has 1 unspecified atom stereocenters. The molecule has 0 aromatic carbocycles. The van der Waals surface area contributed by atoms with E-state index >= 15 is 0 Å². The van der Waals surface area contributed by atoms with E-state index in [1.807, 2.05) is 0 Å². The molecule has 2 saturated carbocycles. The fourth-order valence-corrected chi connectivity index (χ4v) is 3.96. The van der Waals surface area contributed by atoms with Gasteiger partial charge in [-0.15, -0.1) is 0 Å². The minimum Gasteiger partial charge on any atom is -0.481 e. The summed E-state index contributed by atoms with van der Waals surface area (Å²) in [6.45, 7) is 2.31. The number of carboxylic acid groups (broad SMARTS) is 1. The summed E-state index contributed by atoms with van der Waals surface area (Å²) in [5.41, 5.74) is -0.587. The lowest BCUT2D eigenvalue weighted by molar-refractivity contribution is -0.151. The Morgan fingerprint density at radius 3 is 1.80 bits per heavy atom. The second-order valence-electron chi connectivity index (χ2n) is 8.57. The van der Waals surface area contributed by atoms with Gasteiger partial charge in [-0.25, -0.2) is 4.79 Å². The minimum atomic E-state index is -0.589. The molecule has 2 rings (SSSR count). The highest BCUT2D eigenvalue weighted by atomic mass is 16.7. The van der Waals surface area contributed by atoms with Crippen LogP contribution in [0.3, 0.4) is 0 Å². The average Bonchev–Trinajstić information content (AvgIpc) is 3.49. The number of unbranched alkanes of at least 4 members (excludes halogenated alkanes) is 4. The fraction of sp³-hybridized carbons (Fsp3) is 0.900. The van der Waals surface area contributed by atoms with Gasteiger partial charge in [0.15, 0.2) is 0 Å². The maximum atomic E-state index is 11.6. The van der Waals surface area contributed by atoms with E-state index in [1.165, 1.54) is 32.1 Å². The Labute approximate surface area is 151 Å². The molecule has 2 fully saturated rings. The molecule has 1 atom stereocenters. The van der Waals surface area contributed by atoms with Crippen LogP contribution in [0.5, 0.6) is 0 Å². The van der Waals surface area contributed by atoms with Crippen molar-refractivity contribution in [1.29, 1.82) is 0 Å². The second kappa shape index (κ2) is 9.02. The van der Waals surface area contributed by atoms with Gasteiger partial charge in [0.1, 0.15) is 0 Å². The topological polar surface area (TPSA) is 89.6 Å². The van der Waals surface area contributed by atoms with Crippen molar-refractivity contribution < 1.29 is 19.5 Å². The number of carbonyl (C=O) groups excluding carboxylic acids is 1. The van der Waals surface area contributed by atoms with Crippen LogP contribution < -0.4 is 5.90 Å². The first kappa shape index (κ1) is 20.2. The normalized spacial score (nSPS) is 20.7. The molecular weight excluding hydrogens is 318 g/mol. The maximum absolute atomic E-state index is 11.6. The summed E-state index contributed by atoms with van der Waals surface area (Å²) in [5.74, 6) is 4.92. The first-order valence-electron chi connectivity index (χ1n) is 10.1. The summed E-state index contributed by atoms with van der Waals surface area (Å²) in [6, 6.07) is 0. The molecule has 0 heterocycles. The first-order valence-corrected chi connectivity index (χ1v) is 10.1. The number of hydrogen-bond donors (Lipinski definition) is 2. The zero-order valence-electron chi connectivity index (χ0n) is 15.7. The standard InChI is InChI=1S/C20H35NO4/c1-16(8-4-2-6-10-19(12-13-19)17(22)23)9-5-3-7-11-20(14-15-20)18(24)25-21/h16H,2-15,21H2,1H3,(H,22,23). The van der Waals surface area contributed by atoms with Crippen molar-refractivity contribution in [3.05, 3.63) is 0 Å². The number of hydrogen-bond acceptors (Lipinski definition) is 4. The van der Waals surface area contributed by atoms with Crippen LogP contribution in [0.1, 0.15) is 96.8 Å². The Bertz CT molecular complexity index is 455. The fourth-order valence-electron chi connectivity index (χ4n) is 3.96. The van der Waals surface area contributed by atoms with Gasteiger partial charge < -0.3 is 9.94 Å². The number of aliphatic carboxylic acids is 1. The molecule has 25 heavy (non-hydrogen) atoms. The number of rotatable bonds is 14. The lowest BCUT2D eigenvalue weighted by atomic mass is 9.93. The van der Waals surface area contributed by atoms with Gasteiger partial charge in [-0.05, 0) is 44.4 Å². The summed E-state index contributed by atoms with van der Waals surface area (Å²) in [6.07, 6.45) is 14.8. The highest BCUT2D eigenvalue weighted by Gasteiger charge is 2.50. The maximum Gasteiger partial charge on any atom is 0.330 e. The van der Waals surface area contributed by atoms with Crippen LogP contribution >= 0.6 is 0 Å². The van der Waals surface area contributed by atoms with Crippen LogP contribution in [-0.4, -0.2) is 17.0 Å². The van der Waals surface area contributed by atoms with Crippen molar-refractivity contribution in [2.45, 2.75) is 96.8 Å². The van der Waals surface area contributed by atoms with E-state index in [2.05, 4.69) is 11.8 Å². The Hall–Kier alpha value is -1.10. The van der Waals surface area contributed by atoms with Gasteiger partial charge >= 0.3 is 11.9 Å². The van der Waals surface area contributed by atoms with Crippen molar-refractivity contribution >= 4 is 11.9 Å². The van der Waals surface area contributed by atoms with E-state index in [0.29, 0.717) is 0 Å². The number of carboxylic acids is 1. The molecule has 0 aliphatic heterocycles. The largest absolute Gasteiger partial charge is 0.481 e. The predicted molar refractivity (Wildman–Crippen MR) is 96.6 cm³/mol. The summed E-state index contributed by atoms with van der Waals surface area (Å²) in [4.78, 5) is 27.1. The smallest absolute Gasteiger partial charge is 0.330 e.